The minimum Gasteiger partial charge on any atom is -0.481 e. The average molecular weight is 1910 g/mol. The molecule has 9 aromatic rings. The van der Waals surface area contributed by atoms with E-state index in [0.717, 1.165) is 12.0 Å². The van der Waals surface area contributed by atoms with E-state index in [4.69, 9.17) is 4.99 Å². The predicted molar refractivity (Wildman–Crippen MR) is 504 cm³/mol. The molecule has 18 N–H and O–H groups in total. The zero-order chi connectivity index (χ0) is 93.8. The van der Waals surface area contributed by atoms with Crippen molar-refractivity contribution in [2.45, 2.75) is 113 Å². The van der Waals surface area contributed by atoms with Crippen molar-refractivity contribution in [3.8, 4) is 22.3 Å². The van der Waals surface area contributed by atoms with Crippen LogP contribution in [0.2, 0.25) is 0 Å². The second-order valence-electron chi connectivity index (χ2n) is 36.1. The summed E-state index contributed by atoms with van der Waals surface area (Å²) in [5.41, 5.74) is 16.1. The average Bonchev–Trinajstić information content (AvgIpc) is 1.46. The molecule has 7 aromatic carbocycles. The van der Waals surface area contributed by atoms with Gasteiger partial charge in [0.15, 0.2) is 6.29 Å². The molecule has 31 nitrogen and oxygen atoms in total. The number of nitrogens with one attached hydrogen (secondary N) is 7. The third-order valence-electron chi connectivity index (χ3n) is 29.0. The number of hydrogen-bond donors (Lipinski definition) is 18. The Balaban J connectivity index is 0.00000406. The molecule has 138 heavy (non-hydrogen) atoms. The maximum atomic E-state index is 15.0. The van der Waals surface area contributed by atoms with Gasteiger partial charge in [-0.15, -0.1) is 0 Å². The van der Waals surface area contributed by atoms with E-state index in [9.17, 15) is 114 Å². The number of carbonyl (C=O) groups is 12. The fourth-order valence-electron chi connectivity index (χ4n) is 24.2. The van der Waals surface area contributed by atoms with Gasteiger partial charge in [0, 0.05) is 159 Å². The molecule has 8 bridgehead atoms. The molecule has 0 spiro atoms. The van der Waals surface area contributed by atoms with Gasteiger partial charge in [-0.25, -0.2) is 38.6 Å². The molecule has 2 aromatic heterocycles. The standard InChI is InChI=1S/C104H80N8O23.Fe.2Mg/c113-39-56-57(105-27-1-5-68(114)115)17-13-48(78(56)98(122)123)81-65-24-23-63(110-65)79(49-14-18-58(106-28-2-6-69(116)117)88(102(130)131)85(49)99(124)125)61-21-22-62(109-61)80(50-15-19-59(107-29-3-7-70(118)119)89(103(132)133)86(50)100(126)127)64-25-26-66(111-64)82(51-16-20-60(108-30-4-8-71(120)121)90(104(134)135)87(51)101(128)129)97-52(38-67(81)112-97)40-11-12-47-53(35-40)55-37-46-34-44-32-42-10-9-41-31-43-33-45-36-54(47)83-84(55)94-77(46)75(44)92-73(42)72(41)91-74(43)76(45)93(83)96(94)95(91)92;;;/h9-11,13-26,31-32,36-39,42,47,53,67,73,95-96,105-108,110-112H,1-8,12,27-30,33-35H2,(H,114,115)(H,116,117)(H,118,119)(H,120,121)(H,122,123)(H,124,125)(H,126,127)(H,128,129)(H,130,131)(H,132,133)(H,134,135);;;/q;3*+2/b79-63-,80-62-,81-65-,97-82-;;;. The molecule has 34 heteroatoms. The quantitative estimate of drug-likeness (QED) is 0.0103. The number of carbonyl (C=O) groups excluding carboxylic acids is 1. The number of aromatic carboxylic acids is 7. The van der Waals surface area contributed by atoms with E-state index in [0.29, 0.717) is 30.3 Å². The van der Waals surface area contributed by atoms with Gasteiger partial charge in [-0.1, -0.05) is 66.8 Å². The summed E-state index contributed by atoms with van der Waals surface area (Å²) in [4.78, 5) is 175. The van der Waals surface area contributed by atoms with Crippen LogP contribution in [0.15, 0.2) is 166 Å². The van der Waals surface area contributed by atoms with Gasteiger partial charge < -0.3 is 92.7 Å². The van der Waals surface area contributed by atoms with Crippen LogP contribution >= 0.6 is 0 Å². The smallest absolute Gasteiger partial charge is 0.481 e. The summed E-state index contributed by atoms with van der Waals surface area (Å²) in [5, 5.41) is 136. The summed E-state index contributed by atoms with van der Waals surface area (Å²) in [6.45, 7) is -0.531. The summed E-state index contributed by atoms with van der Waals surface area (Å²) in [7, 11) is 0. The number of benzene rings is 7. The number of carboxylic acids is 11. The Hall–Kier alpha value is -14.7. The van der Waals surface area contributed by atoms with Crippen LogP contribution in [0, 0.1) is 5.92 Å². The van der Waals surface area contributed by atoms with Crippen LogP contribution in [0.5, 0.6) is 0 Å². The van der Waals surface area contributed by atoms with E-state index in [1.165, 1.54) is 180 Å². The molecule has 0 amide bonds. The normalized spacial score (nSPS) is 20.8. The van der Waals surface area contributed by atoms with Gasteiger partial charge in [0.1, 0.15) is 0 Å². The second kappa shape index (κ2) is 34.8. The van der Waals surface area contributed by atoms with Gasteiger partial charge in [-0.3, -0.25) is 24.0 Å². The number of hydrogen-bond acceptors (Lipinski definition) is 18. The number of aldehydes is 1. The number of allylic oxidation sites excluding steroid dienone is 9. The number of rotatable bonds is 33. The van der Waals surface area contributed by atoms with Gasteiger partial charge in [0.2, 0.25) is 0 Å². The van der Waals surface area contributed by atoms with Crippen molar-refractivity contribution >= 4 is 180 Å². The summed E-state index contributed by atoms with van der Waals surface area (Å²) < 4.78 is 0. The summed E-state index contributed by atoms with van der Waals surface area (Å²) in [6.07, 6.45) is 14.8. The maximum Gasteiger partial charge on any atom is 2.00 e. The molecular formula is C104H80FeMg2N8O23+6. The minimum atomic E-state index is -1.81. The zero-order valence-corrected chi connectivity index (χ0v) is 77.1. The van der Waals surface area contributed by atoms with Gasteiger partial charge in [-0.05, 0) is 247 Å². The van der Waals surface area contributed by atoms with Gasteiger partial charge >= 0.3 is 129 Å². The van der Waals surface area contributed by atoms with Crippen molar-refractivity contribution in [2.75, 3.05) is 47.4 Å². The van der Waals surface area contributed by atoms with Crippen LogP contribution in [0.3, 0.4) is 0 Å². The van der Waals surface area contributed by atoms with E-state index in [-0.39, 0.29) is 289 Å². The van der Waals surface area contributed by atoms with Crippen LogP contribution in [0.25, 0.3) is 56.2 Å². The first-order chi connectivity index (χ1) is 65.1. The second-order valence-corrected chi connectivity index (χ2v) is 36.1. The zero-order valence-electron chi connectivity index (χ0n) is 73.2. The Bertz CT molecular complexity index is 7700. The number of fused-ring (bicyclic) bond motifs is 10. The molecular weight excluding hydrogens is 1830 g/mol. The van der Waals surface area contributed by atoms with Crippen LogP contribution < -0.4 is 37.3 Å². The Morgan fingerprint density at radius 1 is 0.428 bits per heavy atom. The molecule has 680 valence electrons. The van der Waals surface area contributed by atoms with Crippen molar-refractivity contribution in [1.29, 1.82) is 0 Å². The number of aliphatic imine (C=N–C) groups is 1. The van der Waals surface area contributed by atoms with Crippen molar-refractivity contribution < 1.29 is 131 Å². The largest absolute Gasteiger partial charge is 2.00 e. The predicted octanol–water partition coefficient (Wildman–Crippen LogP) is 13.3. The SMILES string of the molecule is O=Cc1c(NCCCC(=O)O)ccc(/C2=c3\cc/c([nH]3)=C(\c3ccc(NCCCC(=O)O)c(C(=O)O)c3C(=O)O)C3=N/C(=C(/c4ccc(NCCCC(=O)O)c(C(=O)O)c4C(=O)O)c4ccc([nH]4)/C(c4ccc(NCCCC(=O)O)c(C(=O)O)c4C(=O)O)=C4\NC2C=C4C2=CCC4c5cc6c7c8c5-c5c(cc9c%10c5C8C5C8=C%10C(=CC%10C=Cc%11cc(c-7c5c%11C8%10)C6)C9)C4C2)C=C3)c1C(=O)O.[Fe+2].[Mg+2].[Mg+2]. The molecule has 5 heterocycles. The van der Waals surface area contributed by atoms with Crippen molar-refractivity contribution in [2.24, 2.45) is 10.9 Å². The Labute approximate surface area is 824 Å². The van der Waals surface area contributed by atoms with Gasteiger partial charge in [0.05, 0.1) is 67.7 Å². The summed E-state index contributed by atoms with van der Waals surface area (Å²) in [6, 6.07) is 22.5. The molecule has 13 aliphatic rings. The first-order valence-corrected chi connectivity index (χ1v) is 44.5. The monoisotopic (exact) mass is 1910 g/mol. The number of aromatic amines is 2. The third-order valence-corrected chi connectivity index (χ3v) is 29.0. The molecule has 0 fully saturated rings. The molecule has 0 radical (unpaired) electrons. The molecule has 10 aliphatic carbocycles. The molecule has 3 aliphatic heterocycles. The first-order valence-electron chi connectivity index (χ1n) is 44.5. The molecule has 22 rings (SSSR count). The van der Waals surface area contributed by atoms with Crippen LogP contribution in [0.4, 0.5) is 22.7 Å². The van der Waals surface area contributed by atoms with Gasteiger partial charge in [-0.2, -0.15) is 0 Å². The minimum absolute atomic E-state index is 0. The van der Waals surface area contributed by atoms with Crippen LogP contribution in [0.1, 0.15) is 272 Å². The number of nitrogens with zero attached hydrogens (tertiary/aromatic N) is 1. The summed E-state index contributed by atoms with van der Waals surface area (Å²) >= 11 is 0. The Morgan fingerprint density at radius 2 is 0.913 bits per heavy atom. The third kappa shape index (κ3) is 14.1. The maximum absolute atomic E-state index is 15.0. The number of aromatic nitrogens is 2. The Morgan fingerprint density at radius 3 is 1.46 bits per heavy atom. The van der Waals surface area contributed by atoms with Gasteiger partial charge in [0.25, 0.3) is 0 Å². The number of aliphatic carboxylic acids is 4. The van der Waals surface area contributed by atoms with Crippen molar-refractivity contribution in [3.63, 3.8) is 0 Å². The Kier molecular flexibility index (Phi) is 23.3. The molecule has 0 saturated heterocycles. The molecule has 7 atom stereocenters. The first kappa shape index (κ1) is 92.4. The van der Waals surface area contributed by atoms with E-state index >= 15 is 0 Å². The van der Waals surface area contributed by atoms with E-state index in [1.807, 2.05) is 6.08 Å². The van der Waals surface area contributed by atoms with Crippen molar-refractivity contribution in [3.05, 3.63) is 311 Å². The van der Waals surface area contributed by atoms with Crippen LogP contribution in [-0.4, -0.2) is 222 Å². The number of carboxylic acid groups (broad SMARTS) is 11. The fourth-order valence-corrected chi connectivity index (χ4v) is 24.2. The van der Waals surface area contributed by atoms with Crippen LogP contribution in [-0.2, 0) is 49.1 Å². The number of H-pyrrole nitrogens is 2. The summed E-state index contributed by atoms with van der Waals surface area (Å²) in [5.74, 6) is -16.9. The molecule has 7 unspecified atom stereocenters. The number of anilines is 4. The van der Waals surface area contributed by atoms with E-state index in [1.54, 1.807) is 0 Å². The fraction of sp³-hybridized carbons (Fsp3) is 0.221. The van der Waals surface area contributed by atoms with E-state index < -0.39 is 116 Å². The molecule has 0 saturated carbocycles. The van der Waals surface area contributed by atoms with Crippen molar-refractivity contribution in [1.82, 2.24) is 15.3 Å². The van der Waals surface area contributed by atoms with E-state index in [2.05, 4.69) is 79.1 Å². The topological polar surface area (TPSA) is 531 Å².